The Morgan fingerprint density at radius 1 is 0.225 bits per heavy atom. The van der Waals surface area contributed by atoms with E-state index < -0.39 is 69.8 Å². The molecule has 3 aliphatic rings. The number of nitrogens with one attached hydrogen (secondary N) is 1. The molecule has 0 radical (unpaired) electrons. The van der Waals surface area contributed by atoms with Gasteiger partial charge in [0.05, 0.1) is 0 Å². The molecule has 1 N–H and O–H groups in total. The first-order chi connectivity index (χ1) is 62.3. The Labute approximate surface area is 760 Å². The van der Waals surface area contributed by atoms with Gasteiger partial charge in [-0.2, -0.15) is 0 Å². The quantitative estimate of drug-likeness (QED) is 0.0726. The minimum Gasteiger partial charge on any atom is -1.00 e. The van der Waals surface area contributed by atoms with E-state index in [-0.39, 0.29) is 49.9 Å². The van der Waals surface area contributed by atoms with Crippen molar-refractivity contribution < 1.29 is 74.1 Å². The summed E-state index contributed by atoms with van der Waals surface area (Å²) in [5.41, 5.74) is 18.7. The molecule has 0 aliphatic carbocycles. The monoisotopic (exact) mass is 1910 g/mol. The fourth-order valence-electron chi connectivity index (χ4n) is 20.3. The minimum absolute atomic E-state index is 0. The number of halogens is 15. The van der Waals surface area contributed by atoms with Gasteiger partial charge in [0.15, 0.2) is 69.8 Å². The second kappa shape index (κ2) is 33.9. The summed E-state index contributed by atoms with van der Waals surface area (Å²) < 4.78 is 177. The predicted molar refractivity (Wildman–Crippen MR) is 500 cm³/mol. The third-order valence-electron chi connectivity index (χ3n) is 25.8. The first kappa shape index (κ1) is 84.2. The normalized spacial score (nSPS) is 13.0. The molecule has 23 rings (SSSR count). The average molecular weight is 1910 g/mol. The minimum atomic E-state index is -1.56. The fourth-order valence-corrected chi connectivity index (χ4v) is 21.4. The van der Waals surface area contributed by atoms with Crippen LogP contribution >= 0.6 is 31.9 Å². The topological polar surface area (TPSA) is 12.0 Å². The van der Waals surface area contributed by atoms with E-state index in [1.54, 1.807) is 12.1 Å². The lowest BCUT2D eigenvalue weighted by Crippen LogP contribution is -3.00. The van der Waals surface area contributed by atoms with Crippen molar-refractivity contribution in [1.82, 2.24) is 5.32 Å². The maximum absolute atomic E-state index is 15.4. The molecule has 0 saturated carbocycles. The number of nitrogens with zero attached hydrogens (tertiary/aromatic N) is 1. The molecule has 0 unspecified atom stereocenters. The highest BCUT2D eigenvalue weighted by Crippen LogP contribution is 2.55. The second-order valence-electron chi connectivity index (χ2n) is 33.1. The third-order valence-corrected chi connectivity index (χ3v) is 26.9. The second-order valence-corrected chi connectivity index (χ2v) is 34.3. The van der Waals surface area contributed by atoms with Gasteiger partial charge in [-0.05, 0) is 259 Å². The van der Waals surface area contributed by atoms with E-state index in [1.807, 2.05) is 121 Å². The number of hydrogen-bond donors (Lipinski definition) is 1. The largest absolute Gasteiger partial charge is 1.00 e. The summed E-state index contributed by atoms with van der Waals surface area (Å²) in [5, 5.41) is 20.3. The lowest BCUT2D eigenvalue weighted by Gasteiger charge is -2.39. The summed E-state index contributed by atoms with van der Waals surface area (Å²) in [7, 11) is 0. The Morgan fingerprint density at radius 2 is 0.442 bits per heavy atom. The Bertz CT molecular complexity index is 7530. The molecule has 3 aliphatic heterocycles. The first-order valence-corrected chi connectivity index (χ1v) is 44.0. The Hall–Kier alpha value is -13.0. The number of hydrogen-bond acceptors (Lipinski definition) is 1. The molecule has 0 fully saturated rings. The number of rotatable bonds is 7. The van der Waals surface area contributed by atoms with Gasteiger partial charge in [-0.15, -0.1) is 0 Å². The molecule has 632 valence electrons. The van der Waals surface area contributed by atoms with Crippen LogP contribution in [-0.4, -0.2) is 4.48 Å². The Morgan fingerprint density at radius 3 is 0.713 bits per heavy atom. The van der Waals surface area contributed by atoms with Crippen LogP contribution in [0.1, 0.15) is 44.5 Å². The highest BCUT2D eigenvalue weighted by Gasteiger charge is 2.43. The van der Waals surface area contributed by atoms with E-state index >= 15 is 17.6 Å². The van der Waals surface area contributed by atoms with Crippen molar-refractivity contribution in [2.24, 2.45) is 0 Å². The third kappa shape index (κ3) is 14.6. The molecule has 17 heteroatoms. The van der Waals surface area contributed by atoms with Crippen LogP contribution in [0.25, 0.3) is 175 Å². The van der Waals surface area contributed by atoms with Gasteiger partial charge in [-0.1, -0.05) is 275 Å². The average Bonchev–Trinajstić information content (AvgIpc) is 1.65. The SMILES string of the molecule is Fc1cc(-c2cc3ccccc3c(-c3c(CBr)c(-c4cc(F)c(F)c(F)c4)cc4ccccc34)c2CBr)cc(F)c1F.Fc1cc(-c2cc3ccccc3c3c2C[N+]2(Cc4ccc5ccccc5c4-c4c(ccc5ccccc45)C2)Cc2c(-c4cc(F)c(F)c(F)c4)cc4ccccc4c2-3)cc(F)c1F.[Br-].c1ccc2c3c(ccc2c1)CNCc1ccc2ccccc2c1-3. The molecule has 0 atom stereocenters. The molecule has 0 amide bonds. The van der Waals surface area contributed by atoms with E-state index in [0.29, 0.717) is 64.0 Å². The molecule has 20 aromatic carbocycles. The molecule has 0 bridgehead atoms. The number of benzene rings is 20. The summed E-state index contributed by atoms with van der Waals surface area (Å²) in [4.78, 5) is 0. The number of alkyl halides is 2. The molecular weight excluding hydrogens is 1840 g/mol. The van der Waals surface area contributed by atoms with Gasteiger partial charge < -0.3 is 26.8 Å². The Kier molecular flexibility index (Phi) is 22.1. The van der Waals surface area contributed by atoms with Crippen molar-refractivity contribution >= 4 is 118 Å². The molecule has 1 spiro atoms. The van der Waals surface area contributed by atoms with Crippen molar-refractivity contribution in [3.05, 3.63) is 430 Å². The summed E-state index contributed by atoms with van der Waals surface area (Å²) in [5.74, 6) is -16.6. The van der Waals surface area contributed by atoms with Gasteiger partial charge in [0.2, 0.25) is 0 Å². The van der Waals surface area contributed by atoms with E-state index in [9.17, 15) is 35.1 Å². The predicted octanol–water partition coefficient (Wildman–Crippen LogP) is 29.2. The zero-order chi connectivity index (χ0) is 87.7. The highest BCUT2D eigenvalue weighted by atomic mass is 79.9. The standard InChI is InChI=1S/C56H34F6N.C34H18Br2F6.C22H17N.BrH/c57-47-23-37(24-48(58)55(47)61)43-21-33-11-3-7-15-41(33)53-45(43)29-63(30-46-44(38-25-49(59)56(62)50(60)26-38)22-34-12-4-8-16-42(34)54(46)53)27-35-19-17-31-9-1-5-13-39(31)51(35)52-36(28-63)20-18-32-10-2-6-14-40(32)52;35-15-25-23(19-11-27(37)33(41)28(38)12-19)9-17-5-1-3-7-21(17)31(25)32-22-8-4-2-6-18(22)10-24(26(32)16-36)20-13-29(39)34(42)30(40)14-20;1-3-7-19-15(5-1)9-11-17-13-23-14-18-12-10-16-6-2-4-8-20(16)22(18)21(17)19;/h1-26H,27-30H2;1-14H,15-16H2;1-12,23H,13-14H2;1H/q+1;;;/p-1. The van der Waals surface area contributed by atoms with E-state index in [0.717, 1.165) is 182 Å². The van der Waals surface area contributed by atoms with Crippen molar-refractivity contribution in [2.75, 3.05) is 0 Å². The summed E-state index contributed by atoms with van der Waals surface area (Å²) in [6.45, 7) is 3.54. The van der Waals surface area contributed by atoms with E-state index in [2.05, 4.69) is 171 Å². The van der Waals surface area contributed by atoms with Crippen LogP contribution in [0.2, 0.25) is 0 Å². The fraction of sp³-hybridized carbons (Fsp3) is 0.0714. The van der Waals surface area contributed by atoms with Crippen molar-refractivity contribution in [1.29, 1.82) is 0 Å². The summed E-state index contributed by atoms with van der Waals surface area (Å²) in [6, 6.07) is 98.0. The van der Waals surface area contributed by atoms with Crippen LogP contribution in [0.4, 0.5) is 52.7 Å². The summed E-state index contributed by atoms with van der Waals surface area (Å²) in [6.07, 6.45) is 0. The van der Waals surface area contributed by atoms with Crippen molar-refractivity contribution in [3.8, 4) is 89.0 Å². The van der Waals surface area contributed by atoms with Gasteiger partial charge in [-0.3, -0.25) is 0 Å². The molecule has 129 heavy (non-hydrogen) atoms. The number of fused-ring (bicyclic) bond motifs is 23. The smallest absolute Gasteiger partial charge is 0.194 e. The maximum Gasteiger partial charge on any atom is 0.194 e. The van der Waals surface area contributed by atoms with Crippen LogP contribution in [0.15, 0.2) is 315 Å². The molecule has 0 aromatic heterocycles. The molecule has 2 nitrogen and oxygen atoms in total. The van der Waals surface area contributed by atoms with Crippen LogP contribution < -0.4 is 22.3 Å². The zero-order valence-electron chi connectivity index (χ0n) is 68.3. The zero-order valence-corrected chi connectivity index (χ0v) is 73.1. The lowest BCUT2D eigenvalue weighted by molar-refractivity contribution is -0.977. The van der Waals surface area contributed by atoms with E-state index in [1.165, 1.54) is 43.8 Å². The van der Waals surface area contributed by atoms with Gasteiger partial charge in [0.25, 0.3) is 0 Å². The maximum atomic E-state index is 15.4. The van der Waals surface area contributed by atoms with Crippen LogP contribution in [-0.2, 0) is 49.9 Å². The lowest BCUT2D eigenvalue weighted by atomic mass is 9.82. The van der Waals surface area contributed by atoms with Gasteiger partial charge in [0, 0.05) is 57.1 Å². The molecule has 0 saturated heterocycles. The van der Waals surface area contributed by atoms with E-state index in [4.69, 9.17) is 0 Å². The molecular formula is C112H69Br3F12N2. The Balaban J connectivity index is 0.000000135. The number of quaternary nitrogens is 1. The van der Waals surface area contributed by atoms with Crippen molar-refractivity contribution in [3.63, 3.8) is 0 Å². The van der Waals surface area contributed by atoms with Gasteiger partial charge >= 0.3 is 0 Å². The first-order valence-electron chi connectivity index (χ1n) is 41.8. The summed E-state index contributed by atoms with van der Waals surface area (Å²) >= 11 is 7.16. The van der Waals surface area contributed by atoms with Crippen LogP contribution in [0.3, 0.4) is 0 Å². The van der Waals surface area contributed by atoms with Crippen LogP contribution in [0, 0.1) is 69.8 Å². The van der Waals surface area contributed by atoms with Gasteiger partial charge in [0.1, 0.15) is 26.2 Å². The van der Waals surface area contributed by atoms with Gasteiger partial charge in [-0.25, -0.2) is 52.7 Å². The molecule has 20 aromatic rings. The molecule has 3 heterocycles. The van der Waals surface area contributed by atoms with Crippen LogP contribution in [0.5, 0.6) is 0 Å². The van der Waals surface area contributed by atoms with Crippen molar-refractivity contribution in [2.45, 2.75) is 49.9 Å². The highest BCUT2D eigenvalue weighted by molar-refractivity contribution is 9.08.